The van der Waals surface area contributed by atoms with Crippen LogP contribution in [0.5, 0.6) is 0 Å². The van der Waals surface area contributed by atoms with Crippen molar-refractivity contribution in [2.75, 3.05) is 5.73 Å². The van der Waals surface area contributed by atoms with Gasteiger partial charge < -0.3 is 5.73 Å². The number of aryl methyl sites for hydroxylation is 1. The lowest BCUT2D eigenvalue weighted by atomic mass is 10.1. The molecule has 1 atom stereocenters. The highest BCUT2D eigenvalue weighted by Gasteiger charge is 2.21. The van der Waals surface area contributed by atoms with E-state index in [-0.39, 0.29) is 16.0 Å². The van der Waals surface area contributed by atoms with Crippen molar-refractivity contribution in [3.8, 4) is 0 Å². The van der Waals surface area contributed by atoms with Crippen LogP contribution < -0.4 is 10.5 Å². The molecule has 0 heterocycles. The maximum absolute atomic E-state index is 12.4. The normalized spacial score (nSPS) is 13.1. The first kappa shape index (κ1) is 15.8. The third-order valence-corrected chi connectivity index (χ3v) is 5.18. The second-order valence-electron chi connectivity index (χ2n) is 4.94. The summed E-state index contributed by atoms with van der Waals surface area (Å²) < 4.78 is 27.4. The van der Waals surface area contributed by atoms with E-state index in [0.717, 1.165) is 11.1 Å². The summed E-state index contributed by atoms with van der Waals surface area (Å²) in [6.07, 6.45) is 0. The number of hydrogen-bond donors (Lipinski definition) is 2. The molecule has 0 aromatic heterocycles. The molecule has 0 aliphatic carbocycles. The Morgan fingerprint density at radius 1 is 1.14 bits per heavy atom. The van der Waals surface area contributed by atoms with E-state index in [0.29, 0.717) is 5.69 Å². The van der Waals surface area contributed by atoms with Gasteiger partial charge in [0.1, 0.15) is 4.90 Å². The van der Waals surface area contributed by atoms with Crippen LogP contribution in [0.2, 0.25) is 5.02 Å². The summed E-state index contributed by atoms with van der Waals surface area (Å²) in [5.41, 5.74) is 8.01. The van der Waals surface area contributed by atoms with Gasteiger partial charge in [0.05, 0.1) is 5.02 Å². The highest BCUT2D eigenvalue weighted by atomic mass is 35.5. The number of sulfonamides is 1. The second kappa shape index (κ2) is 6.05. The van der Waals surface area contributed by atoms with Crippen LogP contribution in [0.25, 0.3) is 0 Å². The summed E-state index contributed by atoms with van der Waals surface area (Å²) in [4.78, 5) is 0.0253. The highest BCUT2D eigenvalue weighted by molar-refractivity contribution is 7.89. The van der Waals surface area contributed by atoms with Crippen molar-refractivity contribution in [3.05, 3.63) is 58.6 Å². The van der Waals surface area contributed by atoms with Crippen LogP contribution in [0.3, 0.4) is 0 Å². The lowest BCUT2D eigenvalue weighted by molar-refractivity contribution is 0.567. The Kier molecular flexibility index (Phi) is 4.56. The molecule has 21 heavy (non-hydrogen) atoms. The summed E-state index contributed by atoms with van der Waals surface area (Å²) in [6.45, 7) is 3.76. The molecule has 0 radical (unpaired) electrons. The van der Waals surface area contributed by atoms with Gasteiger partial charge in [-0.05, 0) is 37.6 Å². The van der Waals surface area contributed by atoms with E-state index in [9.17, 15) is 8.42 Å². The predicted octanol–water partition coefficient (Wildman–Crippen LogP) is 3.27. The summed E-state index contributed by atoms with van der Waals surface area (Å²) in [7, 11) is -3.70. The fraction of sp³-hybridized carbons (Fsp3) is 0.200. The fourth-order valence-corrected chi connectivity index (χ4v) is 3.74. The topological polar surface area (TPSA) is 72.2 Å². The van der Waals surface area contributed by atoms with Crippen molar-refractivity contribution >= 4 is 27.3 Å². The predicted molar refractivity (Wildman–Crippen MR) is 85.8 cm³/mol. The van der Waals surface area contributed by atoms with Crippen molar-refractivity contribution in [3.63, 3.8) is 0 Å². The van der Waals surface area contributed by atoms with Crippen LogP contribution in [0.1, 0.15) is 24.1 Å². The molecule has 0 saturated carbocycles. The van der Waals surface area contributed by atoms with E-state index in [1.54, 1.807) is 6.92 Å². The van der Waals surface area contributed by atoms with Gasteiger partial charge in [0, 0.05) is 11.7 Å². The zero-order valence-electron chi connectivity index (χ0n) is 11.8. The Balaban J connectivity index is 2.26. The van der Waals surface area contributed by atoms with E-state index in [1.165, 1.54) is 18.2 Å². The van der Waals surface area contributed by atoms with Crippen molar-refractivity contribution in [2.24, 2.45) is 0 Å². The number of rotatable bonds is 4. The zero-order chi connectivity index (χ0) is 15.6. The van der Waals surface area contributed by atoms with Crippen LogP contribution in [0, 0.1) is 6.92 Å². The van der Waals surface area contributed by atoms with Crippen molar-refractivity contribution in [1.82, 2.24) is 4.72 Å². The molecular formula is C15H17ClN2O2S. The van der Waals surface area contributed by atoms with Crippen LogP contribution in [-0.4, -0.2) is 8.42 Å². The lowest BCUT2D eigenvalue weighted by Gasteiger charge is -2.15. The van der Waals surface area contributed by atoms with E-state index in [4.69, 9.17) is 17.3 Å². The number of nitrogen functional groups attached to an aromatic ring is 1. The summed E-state index contributed by atoms with van der Waals surface area (Å²) in [5.74, 6) is 0. The quantitative estimate of drug-likeness (QED) is 0.848. The molecule has 0 aliphatic heterocycles. The molecule has 6 heteroatoms. The van der Waals surface area contributed by atoms with Crippen LogP contribution >= 0.6 is 11.6 Å². The first-order valence-electron chi connectivity index (χ1n) is 6.43. The Labute approximate surface area is 130 Å². The number of hydrogen-bond acceptors (Lipinski definition) is 3. The smallest absolute Gasteiger partial charge is 0.242 e. The average molecular weight is 325 g/mol. The molecule has 0 spiro atoms. The maximum Gasteiger partial charge on any atom is 0.242 e. The van der Waals surface area contributed by atoms with Gasteiger partial charge in [-0.25, -0.2) is 13.1 Å². The first-order chi connectivity index (χ1) is 9.79. The first-order valence-corrected chi connectivity index (χ1v) is 8.29. The van der Waals surface area contributed by atoms with Gasteiger partial charge in [-0.2, -0.15) is 0 Å². The second-order valence-corrected chi connectivity index (χ2v) is 7.03. The van der Waals surface area contributed by atoms with Gasteiger partial charge in [-0.1, -0.05) is 41.4 Å². The third-order valence-electron chi connectivity index (χ3n) is 3.15. The number of halogens is 1. The SMILES string of the molecule is Cc1ccc(C(C)NS(=O)(=O)c2ccc(N)cc2Cl)cc1. The number of benzene rings is 2. The van der Waals surface area contributed by atoms with Gasteiger partial charge in [0.25, 0.3) is 0 Å². The molecule has 0 amide bonds. The lowest BCUT2D eigenvalue weighted by Crippen LogP contribution is -2.27. The van der Waals surface area contributed by atoms with Gasteiger partial charge in [-0.15, -0.1) is 0 Å². The minimum atomic E-state index is -3.70. The average Bonchev–Trinajstić information content (AvgIpc) is 2.38. The molecule has 3 N–H and O–H groups in total. The zero-order valence-corrected chi connectivity index (χ0v) is 13.4. The maximum atomic E-state index is 12.4. The van der Waals surface area contributed by atoms with Crippen molar-refractivity contribution < 1.29 is 8.42 Å². The summed E-state index contributed by atoms with van der Waals surface area (Å²) in [6, 6.07) is 11.7. The van der Waals surface area contributed by atoms with E-state index in [1.807, 2.05) is 31.2 Å². The largest absolute Gasteiger partial charge is 0.399 e. The van der Waals surface area contributed by atoms with Crippen molar-refractivity contribution in [1.29, 1.82) is 0 Å². The third kappa shape index (κ3) is 3.75. The van der Waals surface area contributed by atoms with Crippen LogP contribution in [0.15, 0.2) is 47.4 Å². The highest BCUT2D eigenvalue weighted by Crippen LogP contribution is 2.25. The molecule has 2 aromatic rings. The standard InChI is InChI=1S/C15H17ClN2O2S/c1-10-3-5-12(6-4-10)11(2)18-21(19,20)15-8-7-13(17)9-14(15)16/h3-9,11,18H,17H2,1-2H3. The van der Waals surface area contributed by atoms with Crippen LogP contribution in [0.4, 0.5) is 5.69 Å². The van der Waals surface area contributed by atoms with Gasteiger partial charge in [-0.3, -0.25) is 0 Å². The van der Waals surface area contributed by atoms with Gasteiger partial charge in [0.2, 0.25) is 10.0 Å². The van der Waals surface area contributed by atoms with E-state index < -0.39 is 10.0 Å². The van der Waals surface area contributed by atoms with E-state index >= 15 is 0 Å². The summed E-state index contributed by atoms with van der Waals surface area (Å²) in [5, 5.41) is 0.110. The number of nitrogens with one attached hydrogen (secondary N) is 1. The molecule has 112 valence electrons. The van der Waals surface area contributed by atoms with Gasteiger partial charge in [0.15, 0.2) is 0 Å². The molecule has 0 aliphatic rings. The number of nitrogens with two attached hydrogens (primary N) is 1. The minimum absolute atomic E-state index is 0.0253. The molecular weight excluding hydrogens is 308 g/mol. The number of anilines is 1. The Bertz CT molecular complexity index is 743. The Morgan fingerprint density at radius 3 is 2.33 bits per heavy atom. The molecule has 0 saturated heterocycles. The minimum Gasteiger partial charge on any atom is -0.399 e. The van der Waals surface area contributed by atoms with E-state index in [2.05, 4.69) is 4.72 Å². The fourth-order valence-electron chi connectivity index (χ4n) is 1.95. The summed E-state index contributed by atoms with van der Waals surface area (Å²) >= 11 is 5.97. The molecule has 2 rings (SSSR count). The van der Waals surface area contributed by atoms with Crippen LogP contribution in [-0.2, 0) is 10.0 Å². The Hall–Kier alpha value is -1.56. The molecule has 2 aromatic carbocycles. The molecule has 1 unspecified atom stereocenters. The van der Waals surface area contributed by atoms with Gasteiger partial charge >= 0.3 is 0 Å². The monoisotopic (exact) mass is 324 g/mol. The molecule has 4 nitrogen and oxygen atoms in total. The molecule has 0 bridgehead atoms. The Morgan fingerprint density at radius 2 is 1.76 bits per heavy atom. The van der Waals surface area contributed by atoms with Crippen molar-refractivity contribution in [2.45, 2.75) is 24.8 Å². The molecule has 0 fully saturated rings.